The van der Waals surface area contributed by atoms with Gasteiger partial charge in [0, 0.05) is 17.9 Å². The third-order valence-electron chi connectivity index (χ3n) is 4.84. The molecule has 0 radical (unpaired) electrons. The molecule has 1 aliphatic rings. The predicted octanol–water partition coefficient (Wildman–Crippen LogP) is 2.56. The topological polar surface area (TPSA) is 132 Å². The molecular weight excluding hydrogens is 381 g/mol. The zero-order valence-electron chi connectivity index (χ0n) is 14.9. The van der Waals surface area contributed by atoms with Gasteiger partial charge in [-0.2, -0.15) is 4.98 Å². The van der Waals surface area contributed by atoms with Crippen LogP contribution in [0.5, 0.6) is 0 Å². The fourth-order valence-corrected chi connectivity index (χ4v) is 4.02. The molecule has 2 aromatic heterocycles. The predicted molar refractivity (Wildman–Crippen MR) is 108 cm³/mol. The van der Waals surface area contributed by atoms with Gasteiger partial charge in [0.2, 0.25) is 5.95 Å². The molecule has 10 heteroatoms. The molecule has 8 nitrogen and oxygen atoms in total. The van der Waals surface area contributed by atoms with Gasteiger partial charge in [0.25, 0.3) is 5.91 Å². The lowest BCUT2D eigenvalue weighted by molar-refractivity contribution is 0.100. The number of fused-ring (bicyclic) bond motifs is 1. The lowest BCUT2D eigenvalue weighted by Gasteiger charge is -2.32. The molecule has 1 amide bonds. The van der Waals surface area contributed by atoms with Crippen molar-refractivity contribution in [3.05, 3.63) is 35.5 Å². The number of halogens is 1. The van der Waals surface area contributed by atoms with Crippen molar-refractivity contribution in [1.29, 1.82) is 0 Å². The molecule has 0 aliphatic heterocycles. The van der Waals surface area contributed by atoms with Crippen molar-refractivity contribution in [2.45, 2.75) is 37.5 Å². The zero-order valence-corrected chi connectivity index (χ0v) is 15.7. The quantitative estimate of drug-likeness (QED) is 0.516. The van der Waals surface area contributed by atoms with E-state index in [1.165, 1.54) is 17.5 Å². The van der Waals surface area contributed by atoms with Crippen LogP contribution in [0.2, 0.25) is 0 Å². The van der Waals surface area contributed by atoms with Crippen LogP contribution in [-0.4, -0.2) is 39.1 Å². The number of alkyl halides is 1. The summed E-state index contributed by atoms with van der Waals surface area (Å²) >= 11 is 1.51. The summed E-state index contributed by atoms with van der Waals surface area (Å²) in [4.78, 5) is 24.6. The molecule has 1 aromatic carbocycles. The second-order valence-corrected chi connectivity index (χ2v) is 7.64. The van der Waals surface area contributed by atoms with E-state index in [-0.39, 0.29) is 23.4 Å². The Bertz CT molecular complexity index is 1010. The van der Waals surface area contributed by atoms with Gasteiger partial charge in [0.1, 0.15) is 17.6 Å². The number of nitrogens with one attached hydrogen (secondary N) is 2. The molecule has 6 N–H and O–H groups in total. The van der Waals surface area contributed by atoms with Crippen LogP contribution >= 0.6 is 11.3 Å². The average Bonchev–Trinajstić information content (AvgIpc) is 3.13. The van der Waals surface area contributed by atoms with Gasteiger partial charge in [-0.15, -0.1) is 11.3 Å². The van der Waals surface area contributed by atoms with Crippen LogP contribution in [0, 0.1) is 0 Å². The summed E-state index contributed by atoms with van der Waals surface area (Å²) in [5.41, 5.74) is 15.0. The number of nitrogens with zero attached hydrogens (tertiary/aromatic N) is 3. The number of primary amides is 1. The number of anilines is 3. The molecule has 0 bridgehead atoms. The summed E-state index contributed by atoms with van der Waals surface area (Å²) in [5.74, 6) is -0.109. The maximum absolute atomic E-state index is 13.9. The van der Waals surface area contributed by atoms with Crippen molar-refractivity contribution < 1.29 is 9.18 Å². The van der Waals surface area contributed by atoms with Crippen LogP contribution in [0.25, 0.3) is 10.2 Å². The Kier molecular flexibility index (Phi) is 5.05. The Hall–Kier alpha value is -2.85. The lowest BCUT2D eigenvalue weighted by atomic mass is 9.89. The molecule has 146 valence electrons. The molecule has 3 atom stereocenters. The van der Waals surface area contributed by atoms with Gasteiger partial charge in [-0.3, -0.25) is 4.79 Å². The van der Waals surface area contributed by atoms with E-state index in [1.54, 1.807) is 5.51 Å². The van der Waals surface area contributed by atoms with Crippen LogP contribution < -0.4 is 22.1 Å². The van der Waals surface area contributed by atoms with Crippen molar-refractivity contribution in [1.82, 2.24) is 15.0 Å². The Balaban J connectivity index is 1.61. The Morgan fingerprint density at radius 1 is 1.29 bits per heavy atom. The normalized spacial score (nSPS) is 22.1. The van der Waals surface area contributed by atoms with Gasteiger partial charge < -0.3 is 22.1 Å². The van der Waals surface area contributed by atoms with Crippen molar-refractivity contribution >= 4 is 44.9 Å². The van der Waals surface area contributed by atoms with Crippen molar-refractivity contribution in [3.63, 3.8) is 0 Å². The highest BCUT2D eigenvalue weighted by molar-refractivity contribution is 7.16. The number of aromatic nitrogens is 3. The summed E-state index contributed by atoms with van der Waals surface area (Å²) in [6.07, 6.45) is 2.24. The van der Waals surface area contributed by atoms with Gasteiger partial charge in [0.05, 0.1) is 21.8 Å². The monoisotopic (exact) mass is 401 g/mol. The number of carbonyl (C=O) groups is 1. The first kappa shape index (κ1) is 18.5. The molecule has 0 spiro atoms. The van der Waals surface area contributed by atoms with Crippen molar-refractivity contribution in [2.75, 3.05) is 10.6 Å². The van der Waals surface area contributed by atoms with Gasteiger partial charge in [-0.25, -0.2) is 14.4 Å². The molecule has 3 aromatic rings. The third-order valence-corrected chi connectivity index (χ3v) is 5.63. The van der Waals surface area contributed by atoms with Crippen molar-refractivity contribution in [3.8, 4) is 0 Å². The Labute approximate surface area is 164 Å². The minimum Gasteiger partial charge on any atom is -0.365 e. The van der Waals surface area contributed by atoms with E-state index in [2.05, 4.69) is 25.6 Å². The number of amides is 1. The Morgan fingerprint density at radius 2 is 2.14 bits per heavy atom. The number of hydrogen-bond donors (Lipinski definition) is 4. The highest BCUT2D eigenvalue weighted by atomic mass is 32.1. The molecule has 4 rings (SSSR count). The first-order chi connectivity index (χ1) is 13.5. The standard InChI is InChI=1S/C18H20FN7OS/c19-11-2-1-3-13(15(11)20)25-18-22-7-10(16(21)27)17(26-18)24-9-4-5-12-14(6-9)28-8-23-12/h4-8,11,13,15H,1-3,20H2,(H2,21,27)(H2,22,24,25,26)/t11-,13+,15-/m0/s1. The molecule has 28 heavy (non-hydrogen) atoms. The highest BCUT2D eigenvalue weighted by Crippen LogP contribution is 2.27. The third kappa shape index (κ3) is 3.73. The molecular formula is C18H20FN7OS. The Morgan fingerprint density at radius 3 is 2.96 bits per heavy atom. The maximum Gasteiger partial charge on any atom is 0.254 e. The van der Waals surface area contributed by atoms with Crippen LogP contribution in [0.4, 0.5) is 21.8 Å². The van der Waals surface area contributed by atoms with E-state index in [9.17, 15) is 9.18 Å². The summed E-state index contributed by atoms with van der Waals surface area (Å²) in [7, 11) is 0. The lowest BCUT2D eigenvalue weighted by Crippen LogP contribution is -2.49. The second kappa shape index (κ2) is 7.64. The highest BCUT2D eigenvalue weighted by Gasteiger charge is 2.31. The smallest absolute Gasteiger partial charge is 0.254 e. The van der Waals surface area contributed by atoms with Gasteiger partial charge in [-0.1, -0.05) is 0 Å². The number of hydrogen-bond acceptors (Lipinski definition) is 8. The van der Waals surface area contributed by atoms with E-state index in [0.717, 1.165) is 28.7 Å². The maximum atomic E-state index is 13.9. The average molecular weight is 401 g/mol. The van der Waals surface area contributed by atoms with Crippen LogP contribution in [-0.2, 0) is 0 Å². The number of nitrogens with two attached hydrogens (primary N) is 2. The van der Waals surface area contributed by atoms with Gasteiger partial charge in [-0.05, 0) is 37.5 Å². The molecule has 1 fully saturated rings. The van der Waals surface area contributed by atoms with E-state index < -0.39 is 18.1 Å². The van der Waals surface area contributed by atoms with E-state index in [1.807, 2.05) is 18.2 Å². The zero-order chi connectivity index (χ0) is 19.7. The van der Waals surface area contributed by atoms with Crippen LogP contribution in [0.15, 0.2) is 29.9 Å². The molecule has 1 aliphatic carbocycles. The number of rotatable bonds is 5. The minimum atomic E-state index is -1.06. The summed E-state index contributed by atoms with van der Waals surface area (Å²) < 4.78 is 14.9. The first-order valence-electron chi connectivity index (χ1n) is 8.94. The van der Waals surface area contributed by atoms with Crippen LogP contribution in [0.3, 0.4) is 0 Å². The summed E-state index contributed by atoms with van der Waals surface area (Å²) in [5, 5.41) is 6.21. The minimum absolute atomic E-state index is 0.159. The summed E-state index contributed by atoms with van der Waals surface area (Å²) in [6, 6.07) is 4.73. The molecule has 1 saturated carbocycles. The second-order valence-electron chi connectivity index (χ2n) is 6.76. The van der Waals surface area contributed by atoms with Gasteiger partial charge >= 0.3 is 0 Å². The number of thiazole rings is 1. The SMILES string of the molecule is NC(=O)c1cnc(N[C@@H]2CCC[C@H](F)[C@@H]2N)nc1Nc1ccc2ncsc2c1. The van der Waals surface area contributed by atoms with E-state index in [4.69, 9.17) is 11.5 Å². The first-order valence-corrected chi connectivity index (χ1v) is 9.82. The number of carbonyl (C=O) groups excluding carboxylic acids is 1. The molecule has 0 unspecified atom stereocenters. The van der Waals surface area contributed by atoms with E-state index >= 15 is 0 Å². The van der Waals surface area contributed by atoms with Gasteiger partial charge in [0.15, 0.2) is 0 Å². The fourth-order valence-electron chi connectivity index (χ4n) is 3.30. The largest absolute Gasteiger partial charge is 0.365 e. The van der Waals surface area contributed by atoms with Crippen molar-refractivity contribution in [2.24, 2.45) is 11.5 Å². The fraction of sp³-hybridized carbons (Fsp3) is 0.333. The van der Waals surface area contributed by atoms with E-state index in [0.29, 0.717) is 6.42 Å². The molecule has 2 heterocycles. The summed E-state index contributed by atoms with van der Waals surface area (Å²) in [6.45, 7) is 0. The van der Waals surface area contributed by atoms with Crippen LogP contribution in [0.1, 0.15) is 29.6 Å². The number of benzene rings is 1. The molecule has 0 saturated heterocycles.